The van der Waals surface area contributed by atoms with Gasteiger partial charge in [-0.15, -0.1) is 0 Å². The van der Waals surface area contributed by atoms with Crippen molar-refractivity contribution in [3.05, 3.63) is 70.5 Å². The number of amidine groups is 1. The van der Waals surface area contributed by atoms with Crippen LogP contribution in [-0.4, -0.2) is 35.4 Å². The lowest BCUT2D eigenvalue weighted by Crippen LogP contribution is -2.30. The normalized spacial score (nSPS) is 14.8. The van der Waals surface area contributed by atoms with Crippen molar-refractivity contribution in [2.45, 2.75) is 25.5 Å². The van der Waals surface area contributed by atoms with Gasteiger partial charge in [0.2, 0.25) is 5.89 Å². The highest BCUT2D eigenvalue weighted by Crippen LogP contribution is 2.35. The second-order valence-electron chi connectivity index (χ2n) is 7.65. The molecule has 0 radical (unpaired) electrons. The predicted octanol–water partition coefficient (Wildman–Crippen LogP) is 5.54. The zero-order valence-electron chi connectivity index (χ0n) is 19.1. The topological polar surface area (TPSA) is 90.1 Å². The summed E-state index contributed by atoms with van der Waals surface area (Å²) in [5.74, 6) is 2.55. The number of benzene rings is 2. The Labute approximate surface area is 206 Å². The molecule has 2 heterocycles. The molecule has 1 aliphatic heterocycles. The zero-order chi connectivity index (χ0) is 24.2. The van der Waals surface area contributed by atoms with Crippen LogP contribution in [0.2, 0.25) is 5.02 Å². The van der Waals surface area contributed by atoms with E-state index in [0.717, 1.165) is 11.3 Å². The molecule has 10 heteroatoms. The third-order valence-corrected chi connectivity index (χ3v) is 6.20. The quantitative estimate of drug-likeness (QED) is 0.395. The molecule has 176 valence electrons. The number of methoxy groups -OCH3 is 2. The number of amides is 1. The van der Waals surface area contributed by atoms with Crippen molar-refractivity contribution in [3.8, 4) is 11.5 Å². The first kappa shape index (κ1) is 23.8. The second kappa shape index (κ2) is 10.3. The largest absolute Gasteiger partial charge is 0.497 e. The maximum atomic E-state index is 13.4. The molecular formula is C24H23ClN4O4S. The van der Waals surface area contributed by atoms with Gasteiger partial charge in [0, 0.05) is 12.0 Å². The van der Waals surface area contributed by atoms with Gasteiger partial charge in [0.05, 0.1) is 30.7 Å². The van der Waals surface area contributed by atoms with E-state index in [0.29, 0.717) is 44.8 Å². The molecular weight excluding hydrogens is 476 g/mol. The lowest BCUT2D eigenvalue weighted by molar-refractivity contribution is -0.113. The van der Waals surface area contributed by atoms with Gasteiger partial charge in [0.1, 0.15) is 17.2 Å². The van der Waals surface area contributed by atoms with Gasteiger partial charge in [0.25, 0.3) is 5.91 Å². The van der Waals surface area contributed by atoms with E-state index in [2.05, 4.69) is 15.1 Å². The van der Waals surface area contributed by atoms with Crippen LogP contribution in [0.5, 0.6) is 11.5 Å². The van der Waals surface area contributed by atoms with E-state index in [1.807, 2.05) is 38.1 Å². The molecule has 0 unspecified atom stereocenters. The van der Waals surface area contributed by atoms with Gasteiger partial charge < -0.3 is 14.0 Å². The molecule has 0 aliphatic carbocycles. The van der Waals surface area contributed by atoms with E-state index in [1.165, 1.54) is 23.8 Å². The number of hydrogen-bond acceptors (Lipinski definition) is 8. The van der Waals surface area contributed by atoms with E-state index in [1.54, 1.807) is 31.4 Å². The summed E-state index contributed by atoms with van der Waals surface area (Å²) in [5, 5.41) is 4.93. The predicted molar refractivity (Wildman–Crippen MR) is 134 cm³/mol. The third-order valence-electron chi connectivity index (χ3n) is 4.97. The smallest absolute Gasteiger partial charge is 0.283 e. The summed E-state index contributed by atoms with van der Waals surface area (Å²) in [4.78, 5) is 24.0. The first-order valence-electron chi connectivity index (χ1n) is 10.5. The van der Waals surface area contributed by atoms with Gasteiger partial charge in [-0.1, -0.05) is 54.5 Å². The average molecular weight is 499 g/mol. The van der Waals surface area contributed by atoms with Crippen LogP contribution in [0.1, 0.15) is 37.0 Å². The van der Waals surface area contributed by atoms with Crippen molar-refractivity contribution in [2.75, 3.05) is 19.1 Å². The number of hydrogen-bond donors (Lipinski definition) is 0. The van der Waals surface area contributed by atoms with Crippen molar-refractivity contribution >= 4 is 46.2 Å². The molecule has 1 aromatic heterocycles. The molecule has 3 aromatic rings. The van der Waals surface area contributed by atoms with Crippen LogP contribution in [0.25, 0.3) is 6.08 Å². The molecule has 0 bridgehead atoms. The average Bonchev–Trinajstić information content (AvgIpc) is 3.44. The summed E-state index contributed by atoms with van der Waals surface area (Å²) in [7, 11) is 3.13. The molecule has 1 amide bonds. The summed E-state index contributed by atoms with van der Waals surface area (Å²) in [6.07, 6.45) is 1.74. The van der Waals surface area contributed by atoms with Gasteiger partial charge in [0.15, 0.2) is 11.0 Å². The minimum absolute atomic E-state index is 0.157. The van der Waals surface area contributed by atoms with Gasteiger partial charge >= 0.3 is 0 Å². The number of thioether (sulfide) groups is 1. The Bertz CT molecular complexity index is 1250. The van der Waals surface area contributed by atoms with Crippen molar-refractivity contribution in [3.63, 3.8) is 0 Å². The van der Waals surface area contributed by atoms with Crippen molar-refractivity contribution in [1.29, 1.82) is 0 Å². The molecule has 0 atom stereocenters. The minimum Gasteiger partial charge on any atom is -0.497 e. The van der Waals surface area contributed by atoms with Crippen LogP contribution in [0, 0.1) is 0 Å². The van der Waals surface area contributed by atoms with E-state index in [-0.39, 0.29) is 11.8 Å². The first-order chi connectivity index (χ1) is 16.4. The number of ether oxygens (including phenoxy) is 2. The van der Waals surface area contributed by atoms with Crippen molar-refractivity contribution in [1.82, 2.24) is 10.1 Å². The van der Waals surface area contributed by atoms with Crippen LogP contribution in [0.3, 0.4) is 0 Å². The van der Waals surface area contributed by atoms with E-state index in [9.17, 15) is 4.79 Å². The molecule has 4 rings (SSSR count). The number of carbonyl (C=O) groups is 1. The van der Waals surface area contributed by atoms with Crippen molar-refractivity contribution in [2.24, 2.45) is 4.99 Å². The van der Waals surface area contributed by atoms with Crippen LogP contribution >= 0.6 is 23.4 Å². The highest BCUT2D eigenvalue weighted by atomic mass is 35.5. The number of aliphatic imine (C=N–C) groups is 1. The molecule has 0 saturated carbocycles. The molecule has 34 heavy (non-hydrogen) atoms. The van der Waals surface area contributed by atoms with Crippen LogP contribution in [0.15, 0.2) is 57.7 Å². The molecule has 2 aromatic carbocycles. The maximum Gasteiger partial charge on any atom is 0.283 e. The Kier molecular flexibility index (Phi) is 7.23. The molecule has 0 N–H and O–H groups in total. The Morgan fingerprint density at radius 3 is 2.56 bits per heavy atom. The number of aromatic nitrogens is 2. The molecule has 8 nitrogen and oxygen atoms in total. The standard InChI is InChI=1S/C24H23ClN4O4S/c1-14(2)22-27-21(33-28-22)13-34-24-26-19(11-15-5-8-17(31-3)9-6-15)23(30)29(24)16-7-10-18(25)20(12-16)32-4/h5-12,14H,13H2,1-4H3/b19-11-. The number of nitrogens with zero attached hydrogens (tertiary/aromatic N) is 4. The fraction of sp³-hybridized carbons (Fsp3) is 0.250. The van der Waals surface area contributed by atoms with E-state index in [4.69, 9.17) is 25.6 Å². The van der Waals surface area contributed by atoms with Gasteiger partial charge in [-0.3, -0.25) is 9.69 Å². The van der Waals surface area contributed by atoms with Crippen molar-refractivity contribution < 1.29 is 18.8 Å². The van der Waals surface area contributed by atoms with Crippen LogP contribution < -0.4 is 14.4 Å². The molecule has 1 aliphatic rings. The van der Waals surface area contributed by atoms with Gasteiger partial charge in [-0.05, 0) is 35.9 Å². The fourth-order valence-corrected chi connectivity index (χ4v) is 4.20. The molecule has 0 saturated heterocycles. The van der Waals surface area contributed by atoms with Gasteiger partial charge in [-0.2, -0.15) is 4.98 Å². The number of anilines is 1. The number of carbonyl (C=O) groups excluding carboxylic acids is 1. The minimum atomic E-state index is -0.268. The Morgan fingerprint density at radius 2 is 1.91 bits per heavy atom. The zero-order valence-corrected chi connectivity index (χ0v) is 20.7. The Morgan fingerprint density at radius 1 is 1.15 bits per heavy atom. The Hall–Kier alpha value is -3.30. The van der Waals surface area contributed by atoms with Gasteiger partial charge in [-0.25, -0.2) is 4.99 Å². The SMILES string of the molecule is COc1ccc(/C=C2\N=C(SCc3nc(C(C)C)no3)N(c3ccc(Cl)c(OC)c3)C2=O)cc1. The molecule has 0 fully saturated rings. The number of halogens is 1. The monoisotopic (exact) mass is 498 g/mol. The van der Waals surface area contributed by atoms with E-state index >= 15 is 0 Å². The van der Waals surface area contributed by atoms with E-state index < -0.39 is 0 Å². The lowest BCUT2D eigenvalue weighted by Gasteiger charge is -2.18. The summed E-state index contributed by atoms with van der Waals surface area (Å²) in [6, 6.07) is 12.5. The van der Waals surface area contributed by atoms with Crippen LogP contribution in [-0.2, 0) is 10.5 Å². The Balaban J connectivity index is 1.66. The first-order valence-corrected chi connectivity index (χ1v) is 11.8. The highest BCUT2D eigenvalue weighted by molar-refractivity contribution is 8.13. The summed E-state index contributed by atoms with van der Waals surface area (Å²) in [6.45, 7) is 3.99. The second-order valence-corrected chi connectivity index (χ2v) is 9.00. The van der Waals surface area contributed by atoms with Crippen LogP contribution in [0.4, 0.5) is 5.69 Å². The third kappa shape index (κ3) is 5.10. The fourth-order valence-electron chi connectivity index (χ4n) is 3.15. The summed E-state index contributed by atoms with van der Waals surface area (Å²) >= 11 is 7.52. The number of rotatable bonds is 7. The lowest BCUT2D eigenvalue weighted by atomic mass is 10.2. The highest BCUT2D eigenvalue weighted by Gasteiger charge is 2.33. The molecule has 0 spiro atoms. The maximum absolute atomic E-state index is 13.4. The summed E-state index contributed by atoms with van der Waals surface area (Å²) < 4.78 is 15.9. The summed E-state index contributed by atoms with van der Waals surface area (Å²) in [5.41, 5.74) is 1.71.